The van der Waals surface area contributed by atoms with Crippen LogP contribution in [0.1, 0.15) is 10.4 Å². The predicted molar refractivity (Wildman–Crippen MR) is 162 cm³/mol. The molecule has 1 rings (SSSR count). The molecule has 0 saturated heterocycles. The second-order valence-electron chi connectivity index (χ2n) is 8.95. The summed E-state index contributed by atoms with van der Waals surface area (Å²) in [7, 11) is 1.64. The Morgan fingerprint density at radius 2 is 0.667 bits per heavy atom. The molecule has 0 atom stereocenters. The lowest BCUT2D eigenvalue weighted by Crippen LogP contribution is -2.20. The first kappa shape index (κ1) is 40.9. The van der Waals surface area contributed by atoms with Gasteiger partial charge in [0, 0.05) is 12.7 Å². The number of hydrogen-bond acceptors (Lipinski definition) is 14. The first-order valence-electron chi connectivity index (χ1n) is 15.3. The molecule has 0 aromatic heterocycles. The highest BCUT2D eigenvalue weighted by molar-refractivity contribution is 6.40. The first-order valence-corrected chi connectivity index (χ1v) is 15.3. The molecule has 0 spiro atoms. The van der Waals surface area contributed by atoms with E-state index in [9.17, 15) is 9.59 Å². The van der Waals surface area contributed by atoms with E-state index in [-0.39, 0.29) is 13.2 Å². The Hall–Kier alpha value is -2.08. The number of benzene rings is 1. The first-order chi connectivity index (χ1) is 22.3. The van der Waals surface area contributed by atoms with Gasteiger partial charge in [0.05, 0.1) is 139 Å². The van der Waals surface area contributed by atoms with Gasteiger partial charge >= 0.3 is 5.97 Å². The fourth-order valence-electron chi connectivity index (χ4n) is 3.19. The number of Topliss-reactive ketones (excluding diaryl/α,β-unsaturated/α-hetero) is 1. The summed E-state index contributed by atoms with van der Waals surface area (Å²) in [5, 5.41) is 0. The van der Waals surface area contributed by atoms with E-state index in [1.165, 1.54) is 0 Å². The van der Waals surface area contributed by atoms with Gasteiger partial charge in [0.2, 0.25) is 0 Å². The molecule has 0 saturated carbocycles. The van der Waals surface area contributed by atoms with Crippen LogP contribution < -0.4 is 0 Å². The number of ether oxygens (including phenoxy) is 12. The van der Waals surface area contributed by atoms with Gasteiger partial charge in [-0.15, -0.1) is 0 Å². The quantitative estimate of drug-likeness (QED) is 0.0450. The van der Waals surface area contributed by atoms with Gasteiger partial charge in [0.25, 0.3) is 5.78 Å². The molecule has 0 bridgehead atoms. The standard InChI is InChI=1S/C31H52O14/c1-34-7-8-35-9-10-36-11-12-37-13-14-38-15-16-39-17-18-40-19-20-41-21-22-42-23-24-43-25-26-44-27-28-45-31(33)30(32)29-5-3-2-4-6-29/h2-6H,7-28H2,1H3. The van der Waals surface area contributed by atoms with Gasteiger partial charge in [0.1, 0.15) is 6.61 Å². The SMILES string of the molecule is COCCOCCOCCOCCOCCOCCOCCOCCOCCOCCOCCOC(=O)C(=O)c1ccccc1. The van der Waals surface area contributed by atoms with Crippen LogP contribution in [0.4, 0.5) is 0 Å². The highest BCUT2D eigenvalue weighted by Gasteiger charge is 2.17. The van der Waals surface area contributed by atoms with Gasteiger partial charge in [-0.3, -0.25) is 4.79 Å². The van der Waals surface area contributed by atoms with E-state index in [1.54, 1.807) is 37.4 Å². The van der Waals surface area contributed by atoms with Gasteiger partial charge in [-0.1, -0.05) is 30.3 Å². The number of ketones is 1. The van der Waals surface area contributed by atoms with Crippen LogP contribution in [0, 0.1) is 0 Å². The molecule has 260 valence electrons. The Balaban J connectivity index is 1.67. The molecule has 1 aromatic rings. The summed E-state index contributed by atoms with van der Waals surface area (Å²) in [6, 6.07) is 8.26. The lowest BCUT2D eigenvalue weighted by Gasteiger charge is -2.09. The predicted octanol–water partition coefficient (Wildman–Crippen LogP) is 1.22. The number of carbonyl (C=O) groups excluding carboxylic acids is 2. The second-order valence-corrected chi connectivity index (χ2v) is 8.95. The molecule has 45 heavy (non-hydrogen) atoms. The van der Waals surface area contributed by atoms with Gasteiger partial charge in [-0.2, -0.15) is 0 Å². The number of rotatable bonds is 35. The van der Waals surface area contributed by atoms with Crippen LogP contribution >= 0.6 is 0 Å². The van der Waals surface area contributed by atoms with Crippen molar-refractivity contribution < 1.29 is 66.4 Å². The molecule has 0 aliphatic carbocycles. The fourth-order valence-corrected chi connectivity index (χ4v) is 3.19. The van der Waals surface area contributed by atoms with Crippen molar-refractivity contribution in [1.29, 1.82) is 0 Å². The highest BCUT2D eigenvalue weighted by atomic mass is 16.6. The Labute approximate surface area is 266 Å². The topological polar surface area (TPSA) is 145 Å². The van der Waals surface area contributed by atoms with Crippen molar-refractivity contribution in [2.24, 2.45) is 0 Å². The smallest absolute Gasteiger partial charge is 0.379 e. The molecule has 14 heteroatoms. The van der Waals surface area contributed by atoms with E-state index in [1.807, 2.05) is 0 Å². The summed E-state index contributed by atoms with van der Waals surface area (Å²) in [6.45, 7) is 9.92. The Kier molecular flexibility index (Phi) is 30.3. The van der Waals surface area contributed by atoms with Crippen LogP contribution in [0.3, 0.4) is 0 Å². The van der Waals surface area contributed by atoms with Crippen molar-refractivity contribution in [1.82, 2.24) is 0 Å². The molecule has 0 unspecified atom stereocenters. The van der Waals surface area contributed by atoms with Crippen molar-refractivity contribution in [3.63, 3.8) is 0 Å². The van der Waals surface area contributed by atoms with Crippen molar-refractivity contribution in [3.8, 4) is 0 Å². The zero-order chi connectivity index (χ0) is 32.3. The number of hydrogen-bond donors (Lipinski definition) is 0. The van der Waals surface area contributed by atoms with Gasteiger partial charge < -0.3 is 56.8 Å². The molecule has 0 radical (unpaired) electrons. The molecular formula is C31H52O14. The normalized spacial score (nSPS) is 11.2. The molecule has 1 aromatic carbocycles. The van der Waals surface area contributed by atoms with Gasteiger partial charge in [0.15, 0.2) is 0 Å². The maximum Gasteiger partial charge on any atom is 0.379 e. The average molecular weight is 649 g/mol. The average Bonchev–Trinajstić information content (AvgIpc) is 3.06. The number of carbonyl (C=O) groups is 2. The Bertz CT molecular complexity index is 783. The highest BCUT2D eigenvalue weighted by Crippen LogP contribution is 2.01. The monoisotopic (exact) mass is 648 g/mol. The maximum atomic E-state index is 11.9. The fraction of sp³-hybridized carbons (Fsp3) is 0.742. The zero-order valence-corrected chi connectivity index (χ0v) is 26.7. The third kappa shape index (κ3) is 27.9. The van der Waals surface area contributed by atoms with Crippen molar-refractivity contribution >= 4 is 11.8 Å². The van der Waals surface area contributed by atoms with E-state index in [4.69, 9.17) is 56.8 Å². The second kappa shape index (κ2) is 33.3. The lowest BCUT2D eigenvalue weighted by atomic mass is 10.1. The van der Waals surface area contributed by atoms with Crippen molar-refractivity contribution in [2.45, 2.75) is 0 Å². The minimum Gasteiger partial charge on any atom is -0.457 e. The van der Waals surface area contributed by atoms with Crippen LogP contribution in [0.5, 0.6) is 0 Å². The van der Waals surface area contributed by atoms with Crippen molar-refractivity contribution in [3.05, 3.63) is 35.9 Å². The van der Waals surface area contributed by atoms with E-state index in [0.29, 0.717) is 138 Å². The Morgan fingerprint density at radius 1 is 0.400 bits per heavy atom. The summed E-state index contributed by atoms with van der Waals surface area (Å²) >= 11 is 0. The van der Waals surface area contributed by atoms with Crippen molar-refractivity contribution in [2.75, 3.05) is 152 Å². The summed E-state index contributed by atoms with van der Waals surface area (Å²) in [5.41, 5.74) is 0.296. The van der Waals surface area contributed by atoms with Crippen LogP contribution in [-0.4, -0.2) is 164 Å². The summed E-state index contributed by atoms with van der Waals surface area (Å²) in [5.74, 6) is -1.57. The molecule has 0 heterocycles. The number of methoxy groups -OCH3 is 1. The molecule has 0 aliphatic heterocycles. The van der Waals surface area contributed by atoms with E-state index in [0.717, 1.165) is 0 Å². The van der Waals surface area contributed by atoms with E-state index >= 15 is 0 Å². The summed E-state index contributed by atoms with van der Waals surface area (Å²) < 4.78 is 63.9. The van der Waals surface area contributed by atoms with Crippen LogP contribution in [0.2, 0.25) is 0 Å². The Morgan fingerprint density at radius 3 is 0.956 bits per heavy atom. The van der Waals surface area contributed by atoms with E-state index in [2.05, 4.69) is 0 Å². The van der Waals surface area contributed by atoms with Gasteiger partial charge in [-0.05, 0) is 0 Å². The molecule has 0 aliphatic rings. The third-order valence-electron chi connectivity index (χ3n) is 5.46. The maximum absolute atomic E-state index is 11.9. The minimum atomic E-state index is -0.897. The number of esters is 1. The summed E-state index contributed by atoms with van der Waals surface area (Å²) in [4.78, 5) is 23.6. The largest absolute Gasteiger partial charge is 0.457 e. The van der Waals surface area contributed by atoms with Crippen LogP contribution in [0.15, 0.2) is 30.3 Å². The van der Waals surface area contributed by atoms with Crippen LogP contribution in [0.25, 0.3) is 0 Å². The minimum absolute atomic E-state index is 0.00201. The van der Waals surface area contributed by atoms with Gasteiger partial charge in [-0.25, -0.2) is 4.79 Å². The molecule has 14 nitrogen and oxygen atoms in total. The third-order valence-corrected chi connectivity index (χ3v) is 5.46. The molecular weight excluding hydrogens is 596 g/mol. The molecule has 0 fully saturated rings. The molecule has 0 amide bonds. The molecule has 0 N–H and O–H groups in total. The zero-order valence-electron chi connectivity index (χ0n) is 26.7. The van der Waals surface area contributed by atoms with E-state index < -0.39 is 11.8 Å². The lowest BCUT2D eigenvalue weighted by molar-refractivity contribution is -0.139. The van der Waals surface area contributed by atoms with Crippen LogP contribution in [-0.2, 0) is 61.6 Å². The summed E-state index contributed by atoms with van der Waals surface area (Å²) in [6.07, 6.45) is 0.